The second-order valence-corrected chi connectivity index (χ2v) is 7.14. The first-order chi connectivity index (χ1) is 15.1. The van der Waals surface area contributed by atoms with Gasteiger partial charge in [-0.2, -0.15) is 0 Å². The van der Waals surface area contributed by atoms with Crippen LogP contribution in [0.3, 0.4) is 0 Å². The first kappa shape index (κ1) is 18.8. The molecule has 31 heavy (non-hydrogen) atoms. The van der Waals surface area contributed by atoms with Crippen LogP contribution in [0.4, 0.5) is 0 Å². The molecule has 1 aromatic carbocycles. The van der Waals surface area contributed by atoms with Crippen LogP contribution < -0.4 is 9.47 Å². The molecule has 2 aromatic heterocycles. The summed E-state index contributed by atoms with van der Waals surface area (Å²) in [6, 6.07) is 11.2. The van der Waals surface area contributed by atoms with E-state index in [2.05, 4.69) is 9.97 Å². The van der Waals surface area contributed by atoms with Crippen molar-refractivity contribution in [3.8, 4) is 11.5 Å². The minimum atomic E-state index is -0.792. The minimum absolute atomic E-state index is 0.000700. The Morgan fingerprint density at radius 3 is 2.55 bits per heavy atom. The van der Waals surface area contributed by atoms with Crippen LogP contribution in [-0.2, 0) is 16.1 Å². The number of ketones is 1. The fourth-order valence-corrected chi connectivity index (χ4v) is 3.82. The number of ether oxygens (including phenoxy) is 2. The first-order valence-corrected chi connectivity index (χ1v) is 9.61. The SMILES string of the molecule is O=C1C(=O)N(Cc2cccnc2)C(c2cccnc2)C1=C(O)c1ccc2c(c1)OCO2. The van der Waals surface area contributed by atoms with Crippen LogP contribution in [0.2, 0.25) is 0 Å². The van der Waals surface area contributed by atoms with Gasteiger partial charge in [-0.1, -0.05) is 12.1 Å². The average molecular weight is 415 g/mol. The number of carbonyl (C=O) groups excluding carboxylic acids is 2. The van der Waals surface area contributed by atoms with Gasteiger partial charge in [-0.15, -0.1) is 0 Å². The Balaban J connectivity index is 1.63. The van der Waals surface area contributed by atoms with Gasteiger partial charge in [0, 0.05) is 36.9 Å². The van der Waals surface area contributed by atoms with Gasteiger partial charge in [0.1, 0.15) is 5.76 Å². The number of pyridine rings is 2. The van der Waals surface area contributed by atoms with E-state index in [1.165, 1.54) is 4.90 Å². The van der Waals surface area contributed by atoms with Crippen molar-refractivity contribution in [1.82, 2.24) is 14.9 Å². The standard InChI is InChI=1S/C23H17N3O5/c27-21(15-5-6-17-18(9-15)31-13-30-17)19-20(16-4-2-8-25-11-16)26(23(29)22(19)28)12-14-3-1-7-24-10-14/h1-11,20,27H,12-13H2. The summed E-state index contributed by atoms with van der Waals surface area (Å²) in [5, 5.41) is 11.1. The molecule has 8 nitrogen and oxygen atoms in total. The third kappa shape index (κ3) is 3.28. The average Bonchev–Trinajstić information content (AvgIpc) is 3.38. The lowest BCUT2D eigenvalue weighted by molar-refractivity contribution is -0.140. The zero-order chi connectivity index (χ0) is 21.4. The van der Waals surface area contributed by atoms with Crippen molar-refractivity contribution < 1.29 is 24.2 Å². The number of rotatable bonds is 4. The van der Waals surface area contributed by atoms with Crippen molar-refractivity contribution >= 4 is 17.4 Å². The monoisotopic (exact) mass is 415 g/mol. The number of fused-ring (bicyclic) bond motifs is 1. The number of likely N-dealkylation sites (tertiary alicyclic amines) is 1. The van der Waals surface area contributed by atoms with E-state index >= 15 is 0 Å². The molecule has 1 amide bonds. The lowest BCUT2D eigenvalue weighted by atomic mass is 9.96. The molecule has 0 radical (unpaired) electrons. The Morgan fingerprint density at radius 1 is 1.03 bits per heavy atom. The van der Waals surface area contributed by atoms with E-state index in [-0.39, 0.29) is 24.7 Å². The first-order valence-electron chi connectivity index (χ1n) is 9.61. The number of aliphatic hydroxyl groups excluding tert-OH is 1. The summed E-state index contributed by atoms with van der Waals surface area (Å²) in [6.45, 7) is 0.251. The van der Waals surface area contributed by atoms with E-state index in [1.807, 2.05) is 6.07 Å². The lowest BCUT2D eigenvalue weighted by Gasteiger charge is -2.25. The van der Waals surface area contributed by atoms with E-state index in [0.29, 0.717) is 22.6 Å². The van der Waals surface area contributed by atoms with E-state index in [4.69, 9.17) is 9.47 Å². The van der Waals surface area contributed by atoms with Crippen molar-refractivity contribution in [2.45, 2.75) is 12.6 Å². The summed E-state index contributed by atoms with van der Waals surface area (Å²) >= 11 is 0. The predicted molar refractivity (Wildman–Crippen MR) is 109 cm³/mol. The molecule has 8 heteroatoms. The number of hydrogen-bond donors (Lipinski definition) is 1. The predicted octanol–water partition coefficient (Wildman–Crippen LogP) is 2.83. The maximum absolute atomic E-state index is 13.0. The second kappa shape index (κ2) is 7.56. The zero-order valence-corrected chi connectivity index (χ0v) is 16.3. The molecule has 0 saturated carbocycles. The number of aromatic nitrogens is 2. The van der Waals surface area contributed by atoms with E-state index in [0.717, 1.165) is 5.56 Å². The highest BCUT2D eigenvalue weighted by atomic mass is 16.7. The maximum atomic E-state index is 13.0. The molecule has 5 rings (SSSR count). The minimum Gasteiger partial charge on any atom is -0.507 e. The Bertz CT molecular complexity index is 1190. The number of aliphatic hydroxyl groups is 1. The Labute approximate surface area is 177 Å². The molecular formula is C23H17N3O5. The quantitative estimate of drug-likeness (QED) is 0.397. The van der Waals surface area contributed by atoms with Crippen molar-refractivity contribution in [3.05, 3.63) is 89.5 Å². The van der Waals surface area contributed by atoms with Gasteiger partial charge in [0.2, 0.25) is 6.79 Å². The largest absolute Gasteiger partial charge is 0.507 e. The molecule has 2 aliphatic rings. The number of Topliss-reactive ketones (excluding diaryl/α,β-unsaturated/α-hetero) is 1. The van der Waals surface area contributed by atoms with Gasteiger partial charge in [0.15, 0.2) is 11.5 Å². The molecule has 0 bridgehead atoms. The molecule has 0 spiro atoms. The second-order valence-electron chi connectivity index (χ2n) is 7.14. The Morgan fingerprint density at radius 2 is 1.81 bits per heavy atom. The third-order valence-electron chi connectivity index (χ3n) is 5.26. The van der Waals surface area contributed by atoms with E-state index in [9.17, 15) is 14.7 Å². The van der Waals surface area contributed by atoms with Gasteiger partial charge >= 0.3 is 0 Å². The number of nitrogens with zero attached hydrogens (tertiary/aromatic N) is 3. The topological polar surface area (TPSA) is 102 Å². The number of hydrogen-bond acceptors (Lipinski definition) is 7. The molecule has 1 saturated heterocycles. The van der Waals surface area contributed by atoms with Crippen LogP contribution in [-0.4, -0.2) is 38.5 Å². The number of carbonyl (C=O) groups is 2. The molecule has 1 fully saturated rings. The third-order valence-corrected chi connectivity index (χ3v) is 5.26. The number of amides is 1. The summed E-state index contributed by atoms with van der Waals surface area (Å²) in [5.74, 6) is -0.712. The molecule has 4 heterocycles. The molecule has 1 unspecified atom stereocenters. The van der Waals surface area contributed by atoms with Crippen LogP contribution in [0.5, 0.6) is 11.5 Å². The van der Waals surface area contributed by atoms with Crippen molar-refractivity contribution in [1.29, 1.82) is 0 Å². The van der Waals surface area contributed by atoms with E-state index in [1.54, 1.807) is 61.2 Å². The molecule has 0 aliphatic carbocycles. The molecular weight excluding hydrogens is 398 g/mol. The summed E-state index contributed by atoms with van der Waals surface area (Å²) in [6.07, 6.45) is 6.46. The lowest BCUT2D eigenvalue weighted by Crippen LogP contribution is -2.29. The normalized spacial score (nSPS) is 19.1. The summed E-state index contributed by atoms with van der Waals surface area (Å²) in [4.78, 5) is 35.6. The Kier molecular flexibility index (Phi) is 4.59. The summed E-state index contributed by atoms with van der Waals surface area (Å²) < 4.78 is 10.7. The fraction of sp³-hybridized carbons (Fsp3) is 0.130. The molecule has 2 aliphatic heterocycles. The van der Waals surface area contributed by atoms with Crippen LogP contribution in [0, 0.1) is 0 Å². The smallest absolute Gasteiger partial charge is 0.295 e. The maximum Gasteiger partial charge on any atom is 0.295 e. The van der Waals surface area contributed by atoms with Gasteiger partial charge in [-0.25, -0.2) is 0 Å². The fourth-order valence-electron chi connectivity index (χ4n) is 3.82. The molecule has 3 aromatic rings. The van der Waals surface area contributed by atoms with Crippen LogP contribution in [0.25, 0.3) is 5.76 Å². The van der Waals surface area contributed by atoms with Crippen LogP contribution in [0.15, 0.2) is 72.8 Å². The van der Waals surface area contributed by atoms with Crippen molar-refractivity contribution in [3.63, 3.8) is 0 Å². The zero-order valence-electron chi connectivity index (χ0n) is 16.3. The van der Waals surface area contributed by atoms with Gasteiger partial charge in [-0.3, -0.25) is 19.6 Å². The van der Waals surface area contributed by atoms with Crippen molar-refractivity contribution in [2.75, 3.05) is 6.79 Å². The van der Waals surface area contributed by atoms with Crippen LogP contribution >= 0.6 is 0 Å². The van der Waals surface area contributed by atoms with Crippen molar-refractivity contribution in [2.24, 2.45) is 0 Å². The summed E-state index contributed by atoms with van der Waals surface area (Å²) in [5.41, 5.74) is 1.74. The molecule has 154 valence electrons. The highest BCUT2D eigenvalue weighted by Crippen LogP contribution is 2.41. The van der Waals surface area contributed by atoms with Gasteiger partial charge < -0.3 is 19.5 Å². The molecule has 1 atom stereocenters. The highest BCUT2D eigenvalue weighted by Gasteiger charge is 2.46. The summed E-state index contributed by atoms with van der Waals surface area (Å²) in [7, 11) is 0. The van der Waals surface area contributed by atoms with Crippen LogP contribution in [0.1, 0.15) is 22.7 Å². The highest BCUT2D eigenvalue weighted by molar-refractivity contribution is 6.46. The van der Waals surface area contributed by atoms with Gasteiger partial charge in [0.05, 0.1) is 11.6 Å². The van der Waals surface area contributed by atoms with Gasteiger partial charge in [0.25, 0.3) is 11.7 Å². The Hall–Kier alpha value is -4.20. The van der Waals surface area contributed by atoms with E-state index < -0.39 is 17.7 Å². The molecule has 1 N–H and O–H groups in total. The number of benzene rings is 1. The van der Waals surface area contributed by atoms with Gasteiger partial charge in [-0.05, 0) is 41.5 Å².